The fraction of sp³-hybridized carbons (Fsp3) is 0.444. The molecule has 0 unspecified atom stereocenters. The highest BCUT2D eigenvalue weighted by Crippen LogP contribution is 2.24. The van der Waals surface area contributed by atoms with Crippen molar-refractivity contribution in [3.05, 3.63) is 51.5 Å². The highest BCUT2D eigenvalue weighted by molar-refractivity contribution is 6.31. The van der Waals surface area contributed by atoms with E-state index in [2.05, 4.69) is 11.9 Å². The van der Waals surface area contributed by atoms with E-state index in [1.165, 1.54) is 12.8 Å². The molecule has 0 bridgehead atoms. The molecule has 0 radical (unpaired) electrons. The van der Waals surface area contributed by atoms with Gasteiger partial charge in [0.1, 0.15) is 5.82 Å². The Hall–Kier alpha value is -1.52. The predicted molar refractivity (Wildman–Crippen MR) is 97.0 cm³/mol. The smallest absolute Gasteiger partial charge is 0.309 e. The lowest BCUT2D eigenvalue weighted by Gasteiger charge is -2.12. The first-order valence-electron chi connectivity index (χ1n) is 8.22. The summed E-state index contributed by atoms with van der Waals surface area (Å²) in [7, 11) is 0. The van der Waals surface area contributed by atoms with Gasteiger partial charge in [0.15, 0.2) is 5.15 Å². The van der Waals surface area contributed by atoms with E-state index < -0.39 is 5.97 Å². The molecule has 0 aliphatic rings. The summed E-state index contributed by atoms with van der Waals surface area (Å²) < 4.78 is 1.91. The van der Waals surface area contributed by atoms with Crippen LogP contribution in [-0.4, -0.2) is 20.6 Å². The molecule has 2 aromatic rings. The van der Waals surface area contributed by atoms with Crippen LogP contribution in [0.5, 0.6) is 0 Å². The molecule has 1 N–H and O–H groups in total. The summed E-state index contributed by atoms with van der Waals surface area (Å²) in [5, 5.41) is 10.1. The van der Waals surface area contributed by atoms with Gasteiger partial charge in [-0.25, -0.2) is 4.98 Å². The third-order valence-electron chi connectivity index (χ3n) is 3.96. The third kappa shape index (κ3) is 4.99. The number of benzene rings is 1. The Balaban J connectivity index is 2.29. The van der Waals surface area contributed by atoms with E-state index in [4.69, 9.17) is 28.3 Å². The SMILES string of the molecule is CCCCCCc1nc(Cl)c(CC(=O)O)n1Cc1ccccc1Cl. The third-order valence-corrected chi connectivity index (χ3v) is 4.63. The molecule has 0 saturated carbocycles. The Bertz CT molecular complexity index is 698. The Labute approximate surface area is 152 Å². The molecule has 1 aromatic carbocycles. The molecule has 1 heterocycles. The molecule has 6 heteroatoms. The van der Waals surface area contributed by atoms with Crippen molar-refractivity contribution in [2.75, 3.05) is 0 Å². The van der Waals surface area contributed by atoms with Crippen LogP contribution >= 0.6 is 23.2 Å². The number of halogens is 2. The second-order valence-electron chi connectivity index (χ2n) is 5.82. The van der Waals surface area contributed by atoms with Crippen molar-refractivity contribution < 1.29 is 9.90 Å². The first kappa shape index (κ1) is 18.8. The first-order valence-corrected chi connectivity index (χ1v) is 8.97. The van der Waals surface area contributed by atoms with Crippen molar-refractivity contribution in [3.63, 3.8) is 0 Å². The highest BCUT2D eigenvalue weighted by Gasteiger charge is 2.19. The predicted octanol–water partition coefficient (Wildman–Crippen LogP) is 4.99. The normalized spacial score (nSPS) is 11.0. The molecule has 0 fully saturated rings. The Morgan fingerprint density at radius 2 is 1.96 bits per heavy atom. The van der Waals surface area contributed by atoms with Gasteiger partial charge in [-0.05, 0) is 18.1 Å². The van der Waals surface area contributed by atoms with Crippen molar-refractivity contribution in [2.24, 2.45) is 0 Å². The Kier molecular flexibility index (Phi) is 7.13. The molecule has 0 spiro atoms. The average Bonchev–Trinajstić information content (AvgIpc) is 2.82. The minimum atomic E-state index is -0.922. The van der Waals surface area contributed by atoms with Gasteiger partial charge in [0.05, 0.1) is 18.7 Å². The number of hydrogen-bond donors (Lipinski definition) is 1. The van der Waals surface area contributed by atoms with Crippen molar-refractivity contribution in [1.82, 2.24) is 9.55 Å². The van der Waals surface area contributed by atoms with E-state index in [1.54, 1.807) is 0 Å². The molecule has 2 rings (SSSR count). The monoisotopic (exact) mass is 368 g/mol. The fourth-order valence-electron chi connectivity index (χ4n) is 2.70. The Morgan fingerprint density at radius 3 is 2.62 bits per heavy atom. The summed E-state index contributed by atoms with van der Waals surface area (Å²) in [6.45, 7) is 2.64. The quantitative estimate of drug-likeness (QED) is 0.634. The lowest BCUT2D eigenvalue weighted by Crippen LogP contribution is -2.12. The van der Waals surface area contributed by atoms with Crippen molar-refractivity contribution in [2.45, 2.75) is 52.0 Å². The highest BCUT2D eigenvalue weighted by atomic mass is 35.5. The molecule has 0 aliphatic heterocycles. The molecule has 1 aromatic heterocycles. The van der Waals surface area contributed by atoms with Crippen LogP contribution in [0.2, 0.25) is 10.2 Å². The number of aromatic nitrogens is 2. The zero-order valence-electron chi connectivity index (χ0n) is 13.8. The number of aryl methyl sites for hydroxylation is 1. The largest absolute Gasteiger partial charge is 0.481 e. The number of unbranched alkanes of at least 4 members (excludes halogenated alkanes) is 3. The number of hydrogen-bond acceptors (Lipinski definition) is 2. The van der Waals surface area contributed by atoms with Crippen LogP contribution in [0.1, 0.15) is 49.7 Å². The standard InChI is InChI=1S/C18H22Cl2N2O2/c1-2-3-4-5-10-16-21-18(20)15(11-17(23)24)22(16)12-13-8-6-7-9-14(13)19/h6-9H,2-5,10-12H2,1H3,(H,23,24). The van der Waals surface area contributed by atoms with E-state index >= 15 is 0 Å². The lowest BCUT2D eigenvalue weighted by atomic mass is 10.1. The summed E-state index contributed by atoms with van der Waals surface area (Å²) in [6.07, 6.45) is 5.12. The first-order chi connectivity index (χ1) is 11.5. The molecule has 0 aliphatic carbocycles. The second kappa shape index (κ2) is 9.09. The van der Waals surface area contributed by atoms with Crippen molar-refractivity contribution in [1.29, 1.82) is 0 Å². The fourth-order valence-corrected chi connectivity index (χ4v) is 3.16. The number of rotatable bonds is 9. The zero-order chi connectivity index (χ0) is 17.5. The molecular weight excluding hydrogens is 347 g/mol. The van der Waals surface area contributed by atoms with Gasteiger partial charge < -0.3 is 9.67 Å². The summed E-state index contributed by atoms with van der Waals surface area (Å²) in [5.41, 5.74) is 1.46. The number of nitrogens with zero attached hydrogens (tertiary/aromatic N) is 2. The van der Waals surface area contributed by atoms with E-state index in [-0.39, 0.29) is 11.6 Å². The maximum atomic E-state index is 11.2. The van der Waals surface area contributed by atoms with E-state index in [0.29, 0.717) is 17.3 Å². The topological polar surface area (TPSA) is 55.1 Å². The van der Waals surface area contributed by atoms with Gasteiger partial charge in [-0.3, -0.25) is 4.79 Å². The lowest BCUT2D eigenvalue weighted by molar-refractivity contribution is -0.136. The van der Waals surface area contributed by atoms with E-state index in [1.807, 2.05) is 28.8 Å². The second-order valence-corrected chi connectivity index (χ2v) is 6.59. The van der Waals surface area contributed by atoms with Gasteiger partial charge in [0.2, 0.25) is 0 Å². The maximum absolute atomic E-state index is 11.2. The van der Waals surface area contributed by atoms with Crippen LogP contribution in [0.25, 0.3) is 0 Å². The zero-order valence-corrected chi connectivity index (χ0v) is 15.3. The van der Waals surface area contributed by atoms with Gasteiger partial charge in [0, 0.05) is 11.4 Å². The molecular formula is C18H22Cl2N2O2. The van der Waals surface area contributed by atoms with Gasteiger partial charge >= 0.3 is 5.97 Å². The Morgan fingerprint density at radius 1 is 1.21 bits per heavy atom. The van der Waals surface area contributed by atoms with Crippen molar-refractivity contribution in [3.8, 4) is 0 Å². The minimum absolute atomic E-state index is 0.148. The summed E-state index contributed by atoms with van der Waals surface area (Å²) in [5.74, 6) is -0.0954. The number of carbonyl (C=O) groups is 1. The number of imidazole rings is 1. The average molecular weight is 369 g/mol. The maximum Gasteiger partial charge on any atom is 0.309 e. The van der Waals surface area contributed by atoms with Gasteiger partial charge in [-0.15, -0.1) is 0 Å². The van der Waals surface area contributed by atoms with Gasteiger partial charge in [0.25, 0.3) is 0 Å². The van der Waals surface area contributed by atoms with E-state index in [9.17, 15) is 4.79 Å². The van der Waals surface area contributed by atoms with Crippen LogP contribution in [0, 0.1) is 0 Å². The molecule has 130 valence electrons. The number of aliphatic carboxylic acids is 1. The van der Waals surface area contributed by atoms with Crippen LogP contribution in [-0.2, 0) is 24.2 Å². The number of carboxylic acids is 1. The molecule has 0 atom stereocenters. The number of carboxylic acid groups (broad SMARTS) is 1. The molecule has 0 amide bonds. The molecule has 4 nitrogen and oxygen atoms in total. The minimum Gasteiger partial charge on any atom is -0.481 e. The van der Waals surface area contributed by atoms with Crippen LogP contribution in [0.3, 0.4) is 0 Å². The van der Waals surface area contributed by atoms with Crippen LogP contribution < -0.4 is 0 Å². The summed E-state index contributed by atoms with van der Waals surface area (Å²) in [4.78, 5) is 15.6. The molecule has 0 saturated heterocycles. The molecule has 24 heavy (non-hydrogen) atoms. The van der Waals surface area contributed by atoms with Crippen LogP contribution in [0.4, 0.5) is 0 Å². The summed E-state index contributed by atoms with van der Waals surface area (Å²) in [6, 6.07) is 7.54. The summed E-state index contributed by atoms with van der Waals surface area (Å²) >= 11 is 12.5. The van der Waals surface area contributed by atoms with E-state index in [0.717, 1.165) is 30.7 Å². The van der Waals surface area contributed by atoms with Crippen molar-refractivity contribution >= 4 is 29.2 Å². The van der Waals surface area contributed by atoms with Gasteiger partial charge in [-0.1, -0.05) is 67.6 Å². The van der Waals surface area contributed by atoms with Crippen LogP contribution in [0.15, 0.2) is 24.3 Å². The van der Waals surface area contributed by atoms with Gasteiger partial charge in [-0.2, -0.15) is 0 Å².